The molecule has 1 atom stereocenters. The zero-order chi connectivity index (χ0) is 21.6. The molecule has 5 rings (SSSR count). The Balaban J connectivity index is 1.32. The van der Waals surface area contributed by atoms with Gasteiger partial charge >= 0.3 is 6.03 Å². The van der Waals surface area contributed by atoms with Gasteiger partial charge in [-0.1, -0.05) is 24.3 Å². The van der Waals surface area contributed by atoms with Crippen molar-refractivity contribution in [3.63, 3.8) is 0 Å². The van der Waals surface area contributed by atoms with Gasteiger partial charge in [0.25, 0.3) is 5.91 Å². The van der Waals surface area contributed by atoms with Gasteiger partial charge in [0.1, 0.15) is 12.1 Å². The summed E-state index contributed by atoms with van der Waals surface area (Å²) in [4.78, 5) is 41.5. The SMILES string of the molecule is C[C@]1(Cc2ccc3c(c2)OCO3)NC(=O)N(CC(=O)N2CCCc3ccccc32)C1=O. The Kier molecular flexibility index (Phi) is 4.57. The number of carbonyl (C=O) groups excluding carboxylic acids is 3. The van der Waals surface area contributed by atoms with Gasteiger partial charge in [-0.3, -0.25) is 14.5 Å². The average molecular weight is 421 g/mol. The lowest BCUT2D eigenvalue weighted by molar-refractivity contribution is -0.133. The molecule has 0 bridgehead atoms. The predicted molar refractivity (Wildman–Crippen MR) is 112 cm³/mol. The molecule has 0 aromatic heterocycles. The number of hydrogen-bond donors (Lipinski definition) is 1. The van der Waals surface area contributed by atoms with E-state index in [0.717, 1.165) is 34.6 Å². The highest BCUT2D eigenvalue weighted by Gasteiger charge is 2.48. The molecule has 2 aromatic carbocycles. The first kappa shape index (κ1) is 19.4. The van der Waals surface area contributed by atoms with Crippen molar-refractivity contribution >= 4 is 23.5 Å². The van der Waals surface area contributed by atoms with E-state index in [1.54, 1.807) is 17.9 Å². The first-order valence-electron chi connectivity index (χ1n) is 10.4. The number of amides is 4. The molecule has 160 valence electrons. The molecule has 0 spiro atoms. The molecule has 0 unspecified atom stereocenters. The maximum absolute atomic E-state index is 13.2. The van der Waals surface area contributed by atoms with Crippen LogP contribution in [0.4, 0.5) is 10.5 Å². The molecule has 8 nitrogen and oxygen atoms in total. The number of carbonyl (C=O) groups is 3. The standard InChI is InChI=1S/C23H23N3O5/c1-23(12-15-8-9-18-19(11-15)31-14-30-18)21(28)26(22(29)24-23)13-20(27)25-10-4-6-16-5-2-3-7-17(16)25/h2-3,5,7-9,11H,4,6,10,12-14H2,1H3,(H,24,29)/t23-/m1/s1. The van der Waals surface area contributed by atoms with E-state index in [2.05, 4.69) is 5.32 Å². The fourth-order valence-corrected chi connectivity index (χ4v) is 4.48. The van der Waals surface area contributed by atoms with Crippen LogP contribution in [-0.2, 0) is 22.4 Å². The summed E-state index contributed by atoms with van der Waals surface area (Å²) >= 11 is 0. The third kappa shape index (κ3) is 3.37. The van der Waals surface area contributed by atoms with Crippen LogP contribution >= 0.6 is 0 Å². The molecule has 0 aliphatic carbocycles. The number of urea groups is 1. The van der Waals surface area contributed by atoms with E-state index in [1.165, 1.54) is 0 Å². The van der Waals surface area contributed by atoms with Crippen molar-refractivity contribution in [3.8, 4) is 11.5 Å². The van der Waals surface area contributed by atoms with Crippen LogP contribution in [0.1, 0.15) is 24.5 Å². The quantitative estimate of drug-likeness (QED) is 0.765. The van der Waals surface area contributed by atoms with Gasteiger partial charge in [-0.15, -0.1) is 0 Å². The molecule has 1 fully saturated rings. The minimum Gasteiger partial charge on any atom is -0.454 e. The van der Waals surface area contributed by atoms with E-state index in [9.17, 15) is 14.4 Å². The van der Waals surface area contributed by atoms with Crippen molar-refractivity contribution in [1.29, 1.82) is 0 Å². The molecule has 3 heterocycles. The maximum atomic E-state index is 13.2. The van der Waals surface area contributed by atoms with E-state index in [1.807, 2.05) is 36.4 Å². The highest BCUT2D eigenvalue weighted by atomic mass is 16.7. The minimum absolute atomic E-state index is 0.168. The first-order valence-corrected chi connectivity index (χ1v) is 10.4. The number of nitrogens with one attached hydrogen (secondary N) is 1. The van der Waals surface area contributed by atoms with Gasteiger partial charge in [0, 0.05) is 18.7 Å². The van der Waals surface area contributed by atoms with E-state index in [-0.39, 0.29) is 25.7 Å². The Morgan fingerprint density at radius 2 is 1.94 bits per heavy atom. The molecule has 0 radical (unpaired) electrons. The minimum atomic E-state index is -1.13. The topological polar surface area (TPSA) is 88.2 Å². The van der Waals surface area contributed by atoms with Crippen LogP contribution in [0.25, 0.3) is 0 Å². The summed E-state index contributed by atoms with van der Waals surface area (Å²) in [6, 6.07) is 12.6. The summed E-state index contributed by atoms with van der Waals surface area (Å²) in [5, 5.41) is 2.77. The predicted octanol–water partition coefficient (Wildman–Crippen LogP) is 2.25. The zero-order valence-electron chi connectivity index (χ0n) is 17.2. The van der Waals surface area contributed by atoms with E-state index >= 15 is 0 Å². The largest absolute Gasteiger partial charge is 0.454 e. The molecular weight excluding hydrogens is 398 g/mol. The number of fused-ring (bicyclic) bond motifs is 2. The van der Waals surface area contributed by atoms with E-state index < -0.39 is 17.5 Å². The molecule has 2 aromatic rings. The number of para-hydroxylation sites is 1. The van der Waals surface area contributed by atoms with Crippen LogP contribution in [0.5, 0.6) is 11.5 Å². The molecule has 0 saturated carbocycles. The number of rotatable bonds is 4. The lowest BCUT2D eigenvalue weighted by Crippen LogP contribution is -2.47. The third-order valence-corrected chi connectivity index (χ3v) is 6.04. The summed E-state index contributed by atoms with van der Waals surface area (Å²) < 4.78 is 10.7. The molecule has 1 N–H and O–H groups in total. The molecule has 3 aliphatic heterocycles. The molecular formula is C23H23N3O5. The molecule has 4 amide bonds. The second-order valence-electron chi connectivity index (χ2n) is 8.30. The molecule has 8 heteroatoms. The van der Waals surface area contributed by atoms with Gasteiger partial charge in [-0.25, -0.2) is 4.79 Å². The lowest BCUT2D eigenvalue weighted by Gasteiger charge is -2.30. The second-order valence-corrected chi connectivity index (χ2v) is 8.30. The fraction of sp³-hybridized carbons (Fsp3) is 0.348. The zero-order valence-corrected chi connectivity index (χ0v) is 17.2. The van der Waals surface area contributed by atoms with Gasteiger partial charge in [-0.2, -0.15) is 0 Å². The van der Waals surface area contributed by atoms with Crippen molar-refractivity contribution in [1.82, 2.24) is 10.2 Å². The van der Waals surface area contributed by atoms with Crippen molar-refractivity contribution < 1.29 is 23.9 Å². The second kappa shape index (κ2) is 7.30. The summed E-state index contributed by atoms with van der Waals surface area (Å²) in [5.74, 6) is 0.607. The van der Waals surface area contributed by atoms with Gasteiger partial charge in [-0.05, 0) is 49.1 Å². The van der Waals surface area contributed by atoms with E-state index in [0.29, 0.717) is 18.0 Å². The molecule has 31 heavy (non-hydrogen) atoms. The van der Waals surface area contributed by atoms with Crippen molar-refractivity contribution in [2.45, 2.75) is 31.7 Å². The summed E-state index contributed by atoms with van der Waals surface area (Å²) in [7, 11) is 0. The van der Waals surface area contributed by atoms with Gasteiger partial charge in [0.15, 0.2) is 11.5 Å². The number of aryl methyl sites for hydroxylation is 1. The summed E-state index contributed by atoms with van der Waals surface area (Å²) in [5.41, 5.74) is 1.66. The van der Waals surface area contributed by atoms with Crippen LogP contribution < -0.4 is 19.7 Å². The number of hydrogen-bond acceptors (Lipinski definition) is 5. The monoisotopic (exact) mass is 421 g/mol. The first-order chi connectivity index (χ1) is 14.9. The Labute approximate surface area is 179 Å². The van der Waals surface area contributed by atoms with Crippen molar-refractivity contribution in [2.75, 3.05) is 24.8 Å². The van der Waals surface area contributed by atoms with Crippen LogP contribution in [0.2, 0.25) is 0 Å². The Hall–Kier alpha value is -3.55. The van der Waals surface area contributed by atoms with Gasteiger partial charge < -0.3 is 19.7 Å². The Morgan fingerprint density at radius 1 is 1.13 bits per heavy atom. The molecule has 3 aliphatic rings. The van der Waals surface area contributed by atoms with Crippen LogP contribution in [0, 0.1) is 0 Å². The lowest BCUT2D eigenvalue weighted by atomic mass is 9.92. The Morgan fingerprint density at radius 3 is 2.81 bits per heavy atom. The third-order valence-electron chi connectivity index (χ3n) is 6.04. The highest BCUT2D eigenvalue weighted by Crippen LogP contribution is 2.34. The fourth-order valence-electron chi connectivity index (χ4n) is 4.48. The number of ether oxygens (including phenoxy) is 2. The van der Waals surface area contributed by atoms with Crippen molar-refractivity contribution in [3.05, 3.63) is 53.6 Å². The Bertz CT molecular complexity index is 1080. The van der Waals surface area contributed by atoms with Crippen LogP contribution in [0.3, 0.4) is 0 Å². The summed E-state index contributed by atoms with van der Waals surface area (Å²) in [6.07, 6.45) is 2.05. The summed E-state index contributed by atoms with van der Waals surface area (Å²) in [6.45, 7) is 2.14. The number of benzene rings is 2. The normalized spacial score (nSPS) is 21.8. The van der Waals surface area contributed by atoms with Crippen molar-refractivity contribution in [2.24, 2.45) is 0 Å². The van der Waals surface area contributed by atoms with E-state index in [4.69, 9.17) is 9.47 Å². The number of nitrogens with zero attached hydrogens (tertiary/aromatic N) is 2. The number of anilines is 1. The highest BCUT2D eigenvalue weighted by molar-refractivity contribution is 6.10. The van der Waals surface area contributed by atoms with Crippen LogP contribution in [0.15, 0.2) is 42.5 Å². The maximum Gasteiger partial charge on any atom is 0.325 e. The molecule has 1 saturated heterocycles. The van der Waals surface area contributed by atoms with Gasteiger partial charge in [0.05, 0.1) is 0 Å². The van der Waals surface area contributed by atoms with Crippen LogP contribution in [-0.4, -0.2) is 48.2 Å². The smallest absolute Gasteiger partial charge is 0.325 e. The van der Waals surface area contributed by atoms with Gasteiger partial charge in [0.2, 0.25) is 12.7 Å². The average Bonchev–Trinajstić information content (AvgIpc) is 3.31. The number of imide groups is 1.